The third-order valence-electron chi connectivity index (χ3n) is 4.35. The van der Waals surface area contributed by atoms with Gasteiger partial charge in [-0.05, 0) is 30.7 Å². The SMILES string of the molecule is Cc1ccc(NC(=O)Cc2ccc(-c3n[nH]c(=O)c4ccccc34)cc2)nn1. The van der Waals surface area contributed by atoms with Crippen molar-refractivity contribution in [3.8, 4) is 11.3 Å². The Morgan fingerprint density at radius 2 is 1.71 bits per heavy atom. The van der Waals surface area contributed by atoms with Gasteiger partial charge in [-0.25, -0.2) is 5.10 Å². The van der Waals surface area contributed by atoms with Crippen molar-refractivity contribution in [3.63, 3.8) is 0 Å². The van der Waals surface area contributed by atoms with E-state index in [-0.39, 0.29) is 17.9 Å². The number of fused-ring (bicyclic) bond motifs is 1. The van der Waals surface area contributed by atoms with Crippen molar-refractivity contribution >= 4 is 22.5 Å². The van der Waals surface area contributed by atoms with Gasteiger partial charge in [0.1, 0.15) is 0 Å². The molecule has 7 nitrogen and oxygen atoms in total. The van der Waals surface area contributed by atoms with Crippen molar-refractivity contribution in [3.05, 3.63) is 82.3 Å². The van der Waals surface area contributed by atoms with Gasteiger partial charge in [-0.2, -0.15) is 10.2 Å². The minimum Gasteiger partial charge on any atom is -0.309 e. The van der Waals surface area contributed by atoms with E-state index in [0.717, 1.165) is 22.2 Å². The molecule has 7 heteroatoms. The first-order valence-corrected chi connectivity index (χ1v) is 8.77. The van der Waals surface area contributed by atoms with E-state index in [1.165, 1.54) is 0 Å². The molecule has 1 amide bonds. The molecule has 0 saturated heterocycles. The van der Waals surface area contributed by atoms with Crippen LogP contribution < -0.4 is 10.9 Å². The number of nitrogens with one attached hydrogen (secondary N) is 2. The highest BCUT2D eigenvalue weighted by Gasteiger charge is 2.10. The zero-order valence-electron chi connectivity index (χ0n) is 15.1. The van der Waals surface area contributed by atoms with Crippen LogP contribution >= 0.6 is 0 Å². The first-order valence-electron chi connectivity index (χ1n) is 8.77. The third-order valence-corrected chi connectivity index (χ3v) is 4.35. The summed E-state index contributed by atoms with van der Waals surface area (Å²) in [6.45, 7) is 1.83. The van der Waals surface area contributed by atoms with Gasteiger partial charge in [0.15, 0.2) is 5.82 Å². The van der Waals surface area contributed by atoms with Crippen molar-refractivity contribution < 1.29 is 4.79 Å². The van der Waals surface area contributed by atoms with Crippen molar-refractivity contribution in [1.29, 1.82) is 0 Å². The lowest BCUT2D eigenvalue weighted by Crippen LogP contribution is -2.15. The Balaban J connectivity index is 1.53. The van der Waals surface area contributed by atoms with Gasteiger partial charge in [0.2, 0.25) is 5.91 Å². The molecule has 2 N–H and O–H groups in total. The van der Waals surface area contributed by atoms with E-state index in [0.29, 0.717) is 16.9 Å². The second-order valence-electron chi connectivity index (χ2n) is 6.43. The maximum atomic E-state index is 12.2. The van der Waals surface area contributed by atoms with Gasteiger partial charge in [0, 0.05) is 10.9 Å². The fourth-order valence-corrected chi connectivity index (χ4v) is 2.95. The zero-order valence-corrected chi connectivity index (χ0v) is 15.1. The van der Waals surface area contributed by atoms with Crippen LogP contribution in [0.25, 0.3) is 22.0 Å². The molecule has 4 rings (SSSR count). The summed E-state index contributed by atoms with van der Waals surface area (Å²) in [5, 5.41) is 18.7. The Labute approximate surface area is 160 Å². The van der Waals surface area contributed by atoms with E-state index in [1.807, 2.05) is 49.4 Å². The highest BCUT2D eigenvalue weighted by atomic mass is 16.1. The number of hydrogen-bond donors (Lipinski definition) is 2. The molecule has 2 heterocycles. The lowest BCUT2D eigenvalue weighted by atomic mass is 10.0. The van der Waals surface area contributed by atoms with E-state index in [9.17, 15) is 9.59 Å². The number of hydrogen-bond acceptors (Lipinski definition) is 5. The summed E-state index contributed by atoms with van der Waals surface area (Å²) in [7, 11) is 0. The number of amides is 1. The number of H-pyrrole nitrogens is 1. The fraction of sp³-hybridized carbons (Fsp3) is 0.0952. The summed E-state index contributed by atoms with van der Waals surface area (Å²) in [4.78, 5) is 24.1. The van der Waals surface area contributed by atoms with Crippen LogP contribution in [0, 0.1) is 6.92 Å². The predicted octanol–water partition coefficient (Wildman–Crippen LogP) is 2.87. The number of nitrogens with zero attached hydrogens (tertiary/aromatic N) is 3. The molecular weight excluding hydrogens is 354 g/mol. The number of aromatic nitrogens is 4. The van der Waals surface area contributed by atoms with E-state index in [4.69, 9.17) is 0 Å². The maximum Gasteiger partial charge on any atom is 0.272 e. The Morgan fingerprint density at radius 1 is 0.964 bits per heavy atom. The van der Waals surface area contributed by atoms with Gasteiger partial charge in [-0.3, -0.25) is 9.59 Å². The number of benzene rings is 2. The fourth-order valence-electron chi connectivity index (χ4n) is 2.95. The molecule has 0 aliphatic carbocycles. The Bertz CT molecular complexity index is 1200. The quantitative estimate of drug-likeness (QED) is 0.574. The molecule has 2 aromatic heterocycles. The first kappa shape index (κ1) is 17.5. The molecule has 138 valence electrons. The van der Waals surface area contributed by atoms with Crippen LogP contribution in [0.15, 0.2) is 65.5 Å². The minimum absolute atomic E-state index is 0.168. The number of anilines is 1. The van der Waals surface area contributed by atoms with Gasteiger partial charge in [0.25, 0.3) is 5.56 Å². The second kappa shape index (κ2) is 7.40. The second-order valence-corrected chi connectivity index (χ2v) is 6.43. The topological polar surface area (TPSA) is 101 Å². The van der Waals surface area contributed by atoms with Crippen molar-refractivity contribution in [2.24, 2.45) is 0 Å². The van der Waals surface area contributed by atoms with Gasteiger partial charge >= 0.3 is 0 Å². The molecule has 4 aromatic rings. The summed E-state index contributed by atoms with van der Waals surface area (Å²) in [5.74, 6) is 0.259. The van der Waals surface area contributed by atoms with Crippen molar-refractivity contribution in [2.45, 2.75) is 13.3 Å². The predicted molar refractivity (Wildman–Crippen MR) is 107 cm³/mol. The Kier molecular flexibility index (Phi) is 4.63. The normalized spacial score (nSPS) is 10.8. The molecule has 0 atom stereocenters. The van der Waals surface area contributed by atoms with Crippen LogP contribution in [0.5, 0.6) is 0 Å². The largest absolute Gasteiger partial charge is 0.309 e. The van der Waals surface area contributed by atoms with Crippen LogP contribution in [-0.4, -0.2) is 26.3 Å². The van der Waals surface area contributed by atoms with Crippen molar-refractivity contribution in [1.82, 2.24) is 20.4 Å². The van der Waals surface area contributed by atoms with Crippen LogP contribution in [0.1, 0.15) is 11.3 Å². The van der Waals surface area contributed by atoms with E-state index < -0.39 is 0 Å². The van der Waals surface area contributed by atoms with Gasteiger partial charge in [-0.15, -0.1) is 5.10 Å². The molecule has 0 bridgehead atoms. The molecule has 0 unspecified atom stereocenters. The van der Waals surface area contributed by atoms with Crippen LogP contribution in [0.3, 0.4) is 0 Å². The molecular formula is C21H17N5O2. The van der Waals surface area contributed by atoms with E-state index in [2.05, 4.69) is 25.7 Å². The number of rotatable bonds is 4. The number of carbonyl (C=O) groups is 1. The Morgan fingerprint density at radius 3 is 2.43 bits per heavy atom. The summed E-state index contributed by atoms with van der Waals surface area (Å²) in [6, 6.07) is 18.4. The Hall–Kier alpha value is -3.87. The van der Waals surface area contributed by atoms with Crippen LogP contribution in [-0.2, 0) is 11.2 Å². The molecule has 28 heavy (non-hydrogen) atoms. The average molecular weight is 371 g/mol. The van der Waals surface area contributed by atoms with Crippen LogP contribution in [0.2, 0.25) is 0 Å². The van der Waals surface area contributed by atoms with E-state index in [1.54, 1.807) is 18.2 Å². The highest BCUT2D eigenvalue weighted by Crippen LogP contribution is 2.24. The lowest BCUT2D eigenvalue weighted by Gasteiger charge is -2.07. The number of carbonyl (C=O) groups excluding carboxylic acids is 1. The molecule has 0 spiro atoms. The molecule has 0 radical (unpaired) electrons. The highest BCUT2D eigenvalue weighted by molar-refractivity contribution is 5.94. The number of aromatic amines is 1. The summed E-state index contributed by atoms with van der Waals surface area (Å²) >= 11 is 0. The first-order chi connectivity index (χ1) is 13.6. The summed E-state index contributed by atoms with van der Waals surface area (Å²) in [5.41, 5.74) is 2.99. The van der Waals surface area contributed by atoms with E-state index >= 15 is 0 Å². The smallest absolute Gasteiger partial charge is 0.272 e. The zero-order chi connectivity index (χ0) is 19.5. The summed E-state index contributed by atoms with van der Waals surface area (Å²) < 4.78 is 0. The molecule has 0 saturated carbocycles. The maximum absolute atomic E-state index is 12.2. The van der Waals surface area contributed by atoms with Gasteiger partial charge in [0.05, 0.1) is 23.2 Å². The lowest BCUT2D eigenvalue weighted by molar-refractivity contribution is -0.115. The summed E-state index contributed by atoms with van der Waals surface area (Å²) in [6.07, 6.45) is 0.218. The monoisotopic (exact) mass is 371 g/mol. The minimum atomic E-state index is -0.216. The molecule has 2 aromatic carbocycles. The van der Waals surface area contributed by atoms with Gasteiger partial charge in [-0.1, -0.05) is 42.5 Å². The standard InChI is InChI=1S/C21H17N5O2/c1-13-6-11-18(24-23-13)22-19(27)12-14-7-9-15(10-8-14)20-16-4-2-3-5-17(16)21(28)26-25-20/h2-11H,12H2,1H3,(H,26,28)(H,22,24,27). The number of aryl methyl sites for hydroxylation is 1. The van der Waals surface area contributed by atoms with Crippen molar-refractivity contribution in [2.75, 3.05) is 5.32 Å². The molecule has 0 aliphatic heterocycles. The van der Waals surface area contributed by atoms with Crippen LogP contribution in [0.4, 0.5) is 5.82 Å². The average Bonchev–Trinajstić information content (AvgIpc) is 2.71. The molecule has 0 fully saturated rings. The molecule has 0 aliphatic rings. The third kappa shape index (κ3) is 3.64. The van der Waals surface area contributed by atoms with Gasteiger partial charge < -0.3 is 5.32 Å².